The molecule has 1 N–H and O–H groups in total. The predicted molar refractivity (Wildman–Crippen MR) is 119 cm³/mol. The van der Waals surface area contributed by atoms with Gasteiger partial charge in [-0.15, -0.1) is 0 Å². The van der Waals surface area contributed by atoms with Crippen LogP contribution in [-0.2, 0) is 17.3 Å². The van der Waals surface area contributed by atoms with E-state index in [0.717, 1.165) is 24.1 Å². The van der Waals surface area contributed by atoms with Crippen LogP contribution in [0, 0.1) is 0 Å². The first-order chi connectivity index (χ1) is 15.0. The lowest BCUT2D eigenvalue weighted by Crippen LogP contribution is -2.42. The topological polar surface area (TPSA) is 87.5 Å². The molecule has 0 bridgehead atoms. The van der Waals surface area contributed by atoms with Gasteiger partial charge in [-0.2, -0.15) is 13.5 Å². The fraction of sp³-hybridized carbons (Fsp3) is 0.273. The Balaban J connectivity index is 1.29. The number of nitrogens with one attached hydrogen (secondary N) is 1. The standard InChI is InChI=1S/C22H23N5O3S/c1-25-21(15-18(24-25)16-7-3-2-4-8-16)22(28)23-13-14-26-19-9-5-6-10-20(19)27(17-11-12-17)31(26,29)30/h2-10,15,17H,11-14H2,1H3,(H,23,28). The normalized spacial score (nSPS) is 16.9. The smallest absolute Gasteiger partial charge is 0.326 e. The summed E-state index contributed by atoms with van der Waals surface area (Å²) in [6.45, 7) is 0.356. The van der Waals surface area contributed by atoms with Crippen LogP contribution in [0.25, 0.3) is 11.3 Å². The average molecular weight is 438 g/mol. The van der Waals surface area contributed by atoms with Crippen molar-refractivity contribution in [1.29, 1.82) is 0 Å². The van der Waals surface area contributed by atoms with E-state index in [9.17, 15) is 13.2 Å². The van der Waals surface area contributed by atoms with Crippen LogP contribution < -0.4 is 13.9 Å². The van der Waals surface area contributed by atoms with Gasteiger partial charge >= 0.3 is 10.2 Å². The number of benzene rings is 2. The molecule has 8 nitrogen and oxygen atoms in total. The Kier molecular flexibility index (Phi) is 4.70. The maximum atomic E-state index is 13.1. The molecule has 1 fully saturated rings. The number of fused-ring (bicyclic) bond motifs is 1. The minimum absolute atomic E-state index is 0.0385. The van der Waals surface area contributed by atoms with Gasteiger partial charge in [0.05, 0.1) is 23.6 Å². The third-order valence-electron chi connectivity index (χ3n) is 5.58. The Morgan fingerprint density at radius 3 is 2.45 bits per heavy atom. The Labute approximate surface area is 181 Å². The summed E-state index contributed by atoms with van der Waals surface area (Å²) >= 11 is 0. The molecule has 1 aromatic heterocycles. The van der Waals surface area contributed by atoms with E-state index in [-0.39, 0.29) is 25.0 Å². The van der Waals surface area contributed by atoms with Crippen LogP contribution in [0.15, 0.2) is 60.7 Å². The second-order valence-electron chi connectivity index (χ2n) is 7.76. The molecule has 1 aliphatic carbocycles. The lowest BCUT2D eigenvalue weighted by molar-refractivity contribution is 0.0945. The molecule has 3 aromatic rings. The summed E-state index contributed by atoms with van der Waals surface area (Å²) in [5.41, 5.74) is 3.44. The molecular formula is C22H23N5O3S. The number of carbonyl (C=O) groups is 1. The molecule has 9 heteroatoms. The first kappa shape index (κ1) is 19.6. The second kappa shape index (κ2) is 7.42. The van der Waals surface area contributed by atoms with E-state index < -0.39 is 10.2 Å². The van der Waals surface area contributed by atoms with Gasteiger partial charge < -0.3 is 5.32 Å². The number of rotatable bonds is 6. The SMILES string of the molecule is Cn1nc(-c2ccccc2)cc1C(=O)NCCN1c2ccccc2N(C2CC2)S1(=O)=O. The summed E-state index contributed by atoms with van der Waals surface area (Å²) in [5.74, 6) is -0.291. The molecule has 0 radical (unpaired) electrons. The predicted octanol–water partition coefficient (Wildman–Crippen LogP) is 2.55. The number of aryl methyl sites for hydroxylation is 1. The molecule has 2 aliphatic rings. The van der Waals surface area contributed by atoms with Gasteiger partial charge in [0.1, 0.15) is 5.69 Å². The largest absolute Gasteiger partial charge is 0.349 e. The molecule has 160 valence electrons. The number of amides is 1. The third kappa shape index (κ3) is 3.44. The highest BCUT2D eigenvalue weighted by atomic mass is 32.2. The highest BCUT2D eigenvalue weighted by Crippen LogP contribution is 2.46. The Bertz CT molecular complexity index is 1240. The van der Waals surface area contributed by atoms with Gasteiger partial charge in [0.2, 0.25) is 0 Å². The van der Waals surface area contributed by atoms with E-state index in [0.29, 0.717) is 17.1 Å². The summed E-state index contributed by atoms with van der Waals surface area (Å²) in [4.78, 5) is 12.7. The zero-order valence-corrected chi connectivity index (χ0v) is 17.9. The van der Waals surface area contributed by atoms with Gasteiger partial charge in [-0.05, 0) is 31.0 Å². The Morgan fingerprint density at radius 2 is 1.74 bits per heavy atom. The lowest BCUT2D eigenvalue weighted by Gasteiger charge is -2.21. The van der Waals surface area contributed by atoms with Crippen molar-refractivity contribution in [2.24, 2.45) is 7.05 Å². The minimum atomic E-state index is -3.63. The molecule has 0 saturated heterocycles. The first-order valence-electron chi connectivity index (χ1n) is 10.3. The van der Waals surface area contributed by atoms with Gasteiger partial charge in [0, 0.05) is 25.2 Å². The van der Waals surface area contributed by atoms with E-state index in [2.05, 4.69) is 10.4 Å². The molecule has 2 aromatic carbocycles. The average Bonchev–Trinajstić information content (AvgIpc) is 3.47. The Hall–Kier alpha value is -3.33. The summed E-state index contributed by atoms with van der Waals surface area (Å²) in [6.07, 6.45) is 1.75. The maximum absolute atomic E-state index is 13.1. The molecule has 0 unspecified atom stereocenters. The van der Waals surface area contributed by atoms with Crippen molar-refractivity contribution in [3.63, 3.8) is 0 Å². The third-order valence-corrected chi connectivity index (χ3v) is 7.50. The van der Waals surface area contributed by atoms with Crippen molar-refractivity contribution in [1.82, 2.24) is 15.1 Å². The van der Waals surface area contributed by atoms with E-state index in [1.165, 1.54) is 13.3 Å². The molecule has 1 saturated carbocycles. The van der Waals surface area contributed by atoms with Crippen LogP contribution in [0.4, 0.5) is 11.4 Å². The molecule has 5 rings (SSSR count). The maximum Gasteiger partial charge on any atom is 0.326 e. The monoisotopic (exact) mass is 437 g/mol. The number of carbonyl (C=O) groups excluding carboxylic acids is 1. The van der Waals surface area contributed by atoms with Crippen molar-refractivity contribution in [3.8, 4) is 11.3 Å². The number of hydrogen-bond donors (Lipinski definition) is 1. The molecular weight excluding hydrogens is 414 g/mol. The van der Waals surface area contributed by atoms with Gasteiger partial charge in [0.15, 0.2) is 0 Å². The fourth-order valence-electron chi connectivity index (χ4n) is 3.94. The van der Waals surface area contributed by atoms with Gasteiger partial charge in [-0.1, -0.05) is 42.5 Å². The van der Waals surface area contributed by atoms with Crippen LogP contribution >= 0.6 is 0 Å². The summed E-state index contributed by atoms with van der Waals surface area (Å²) < 4.78 is 30.7. The van der Waals surface area contributed by atoms with Crippen molar-refractivity contribution in [2.45, 2.75) is 18.9 Å². The van der Waals surface area contributed by atoms with Gasteiger partial charge in [-0.25, -0.2) is 8.61 Å². The molecule has 2 heterocycles. The van der Waals surface area contributed by atoms with Crippen LogP contribution in [0.2, 0.25) is 0 Å². The van der Waals surface area contributed by atoms with Crippen molar-refractivity contribution < 1.29 is 13.2 Å². The molecule has 0 atom stereocenters. The fourth-order valence-corrected chi connectivity index (χ4v) is 5.87. The molecule has 0 spiro atoms. The number of para-hydroxylation sites is 2. The van der Waals surface area contributed by atoms with Crippen LogP contribution in [0.5, 0.6) is 0 Å². The summed E-state index contributed by atoms with van der Waals surface area (Å²) in [7, 11) is -1.91. The van der Waals surface area contributed by atoms with Gasteiger partial charge in [0.25, 0.3) is 5.91 Å². The Morgan fingerprint density at radius 1 is 1.06 bits per heavy atom. The first-order valence-corrected chi connectivity index (χ1v) is 11.7. The molecule has 31 heavy (non-hydrogen) atoms. The van der Waals surface area contributed by atoms with E-state index >= 15 is 0 Å². The number of aromatic nitrogens is 2. The molecule has 1 amide bonds. The van der Waals surface area contributed by atoms with Crippen LogP contribution in [0.3, 0.4) is 0 Å². The zero-order chi connectivity index (χ0) is 21.6. The van der Waals surface area contributed by atoms with Crippen molar-refractivity contribution >= 4 is 27.5 Å². The van der Waals surface area contributed by atoms with E-state index in [4.69, 9.17) is 0 Å². The summed E-state index contributed by atoms with van der Waals surface area (Å²) in [6, 6.07) is 18.7. The van der Waals surface area contributed by atoms with Gasteiger partial charge in [-0.3, -0.25) is 9.48 Å². The molecule has 1 aliphatic heterocycles. The van der Waals surface area contributed by atoms with Crippen molar-refractivity contribution in [2.75, 3.05) is 21.7 Å². The zero-order valence-electron chi connectivity index (χ0n) is 17.1. The van der Waals surface area contributed by atoms with Crippen LogP contribution in [0.1, 0.15) is 23.3 Å². The van der Waals surface area contributed by atoms with Crippen LogP contribution in [-0.4, -0.2) is 43.2 Å². The lowest BCUT2D eigenvalue weighted by atomic mass is 10.1. The highest BCUT2D eigenvalue weighted by molar-refractivity contribution is 7.94. The highest BCUT2D eigenvalue weighted by Gasteiger charge is 2.47. The quantitative estimate of drug-likeness (QED) is 0.642. The number of anilines is 2. The van der Waals surface area contributed by atoms with Crippen molar-refractivity contribution in [3.05, 3.63) is 66.4 Å². The minimum Gasteiger partial charge on any atom is -0.349 e. The van der Waals surface area contributed by atoms with E-state index in [1.54, 1.807) is 13.1 Å². The van der Waals surface area contributed by atoms with E-state index in [1.807, 2.05) is 54.6 Å². The summed E-state index contributed by atoms with van der Waals surface area (Å²) in [5, 5.41) is 7.25. The number of hydrogen-bond acceptors (Lipinski definition) is 4. The number of nitrogens with zero attached hydrogens (tertiary/aromatic N) is 4. The second-order valence-corrected chi connectivity index (χ2v) is 9.49.